The van der Waals surface area contributed by atoms with E-state index in [1.807, 2.05) is 12.1 Å². The largest absolute Gasteiger partial charge is 0.492 e. The molecule has 0 atom stereocenters. The summed E-state index contributed by atoms with van der Waals surface area (Å²) >= 11 is 0. The van der Waals surface area contributed by atoms with Crippen molar-refractivity contribution in [3.8, 4) is 5.75 Å². The Balaban J connectivity index is 2.16. The maximum Gasteiger partial charge on any atom is 0.170 e. The molecule has 0 saturated carbocycles. The molecular formula is C15H25N3O2. The Hall–Kier alpha value is -1.75. The lowest BCUT2D eigenvalue weighted by molar-refractivity contribution is 0.313. The molecular weight excluding hydrogens is 254 g/mol. The highest BCUT2D eigenvalue weighted by Crippen LogP contribution is 2.11. The second-order valence-electron chi connectivity index (χ2n) is 5.14. The van der Waals surface area contributed by atoms with Gasteiger partial charge >= 0.3 is 0 Å². The third kappa shape index (κ3) is 6.43. The topological polar surface area (TPSA) is 79.9 Å². The van der Waals surface area contributed by atoms with Crippen LogP contribution in [-0.4, -0.2) is 30.7 Å². The summed E-state index contributed by atoms with van der Waals surface area (Å²) < 4.78 is 5.60. The molecule has 5 heteroatoms. The summed E-state index contributed by atoms with van der Waals surface area (Å²) in [5.74, 6) is 1.65. The van der Waals surface area contributed by atoms with Crippen LogP contribution < -0.4 is 15.8 Å². The van der Waals surface area contributed by atoms with Crippen LogP contribution >= 0.6 is 0 Å². The summed E-state index contributed by atoms with van der Waals surface area (Å²) in [6.07, 6.45) is 2.45. The third-order valence-corrected chi connectivity index (χ3v) is 2.94. The molecule has 0 amide bonds. The summed E-state index contributed by atoms with van der Waals surface area (Å²) in [5.41, 5.74) is 6.16. The van der Waals surface area contributed by atoms with Crippen molar-refractivity contribution in [2.45, 2.75) is 26.7 Å². The van der Waals surface area contributed by atoms with E-state index in [-0.39, 0.29) is 5.84 Å². The predicted octanol–water partition coefficient (Wildman–Crippen LogP) is 2.19. The van der Waals surface area contributed by atoms with Crippen LogP contribution in [0.25, 0.3) is 0 Å². The first-order valence-corrected chi connectivity index (χ1v) is 7.05. The standard InChI is InChI=1S/C15H25N3O2/c1-12(2)4-3-9-17-10-11-20-14-7-5-13(6-8-14)15(16)18-19/h5-8,12,17,19H,3-4,9-11H2,1-2H3,(H2,16,18). The highest BCUT2D eigenvalue weighted by atomic mass is 16.5. The van der Waals surface area contributed by atoms with Gasteiger partial charge in [-0.15, -0.1) is 0 Å². The number of amidine groups is 1. The second-order valence-corrected chi connectivity index (χ2v) is 5.14. The van der Waals surface area contributed by atoms with E-state index in [1.165, 1.54) is 12.8 Å². The van der Waals surface area contributed by atoms with Gasteiger partial charge in [0.1, 0.15) is 12.4 Å². The van der Waals surface area contributed by atoms with E-state index in [0.717, 1.165) is 24.8 Å². The Kier molecular flexibility index (Phi) is 7.50. The minimum absolute atomic E-state index is 0.100. The summed E-state index contributed by atoms with van der Waals surface area (Å²) in [6, 6.07) is 7.15. The Labute approximate surface area is 120 Å². The predicted molar refractivity (Wildman–Crippen MR) is 81.4 cm³/mol. The SMILES string of the molecule is CC(C)CCCNCCOc1ccc(C(N)=NO)cc1. The molecule has 0 spiro atoms. The zero-order valence-electron chi connectivity index (χ0n) is 12.3. The highest BCUT2D eigenvalue weighted by molar-refractivity contribution is 5.97. The van der Waals surface area contributed by atoms with Crippen LogP contribution in [-0.2, 0) is 0 Å². The smallest absolute Gasteiger partial charge is 0.170 e. The van der Waals surface area contributed by atoms with Crippen LogP contribution in [0, 0.1) is 5.92 Å². The van der Waals surface area contributed by atoms with Gasteiger partial charge in [-0.3, -0.25) is 0 Å². The molecule has 112 valence electrons. The van der Waals surface area contributed by atoms with Crippen molar-refractivity contribution in [2.24, 2.45) is 16.8 Å². The van der Waals surface area contributed by atoms with Crippen LogP contribution in [0.2, 0.25) is 0 Å². The lowest BCUT2D eigenvalue weighted by Gasteiger charge is -2.09. The van der Waals surface area contributed by atoms with E-state index in [2.05, 4.69) is 24.3 Å². The van der Waals surface area contributed by atoms with Crippen molar-refractivity contribution >= 4 is 5.84 Å². The number of nitrogens with zero attached hydrogens (tertiary/aromatic N) is 1. The Bertz CT molecular complexity index is 402. The Morgan fingerprint density at radius 2 is 2.00 bits per heavy atom. The average Bonchev–Trinajstić information content (AvgIpc) is 2.45. The number of ether oxygens (including phenoxy) is 1. The zero-order chi connectivity index (χ0) is 14.8. The fourth-order valence-electron chi connectivity index (χ4n) is 1.78. The third-order valence-electron chi connectivity index (χ3n) is 2.94. The van der Waals surface area contributed by atoms with Crippen molar-refractivity contribution in [3.63, 3.8) is 0 Å². The molecule has 5 nitrogen and oxygen atoms in total. The van der Waals surface area contributed by atoms with Crippen molar-refractivity contribution in [2.75, 3.05) is 19.7 Å². The second kappa shape index (κ2) is 9.20. The molecule has 0 fully saturated rings. The van der Waals surface area contributed by atoms with Gasteiger partial charge in [-0.25, -0.2) is 0 Å². The highest BCUT2D eigenvalue weighted by Gasteiger charge is 1.99. The molecule has 0 aliphatic rings. The van der Waals surface area contributed by atoms with E-state index in [9.17, 15) is 0 Å². The molecule has 20 heavy (non-hydrogen) atoms. The number of nitrogens with two attached hydrogens (primary N) is 1. The molecule has 0 unspecified atom stereocenters. The summed E-state index contributed by atoms with van der Waals surface area (Å²) in [5, 5.41) is 14.9. The first-order chi connectivity index (χ1) is 9.63. The number of rotatable bonds is 9. The summed E-state index contributed by atoms with van der Waals surface area (Å²) in [7, 11) is 0. The van der Waals surface area contributed by atoms with E-state index >= 15 is 0 Å². The van der Waals surface area contributed by atoms with E-state index in [4.69, 9.17) is 15.7 Å². The van der Waals surface area contributed by atoms with Gasteiger partial charge in [-0.05, 0) is 49.6 Å². The van der Waals surface area contributed by atoms with Crippen molar-refractivity contribution < 1.29 is 9.94 Å². The molecule has 0 aliphatic heterocycles. The fourth-order valence-corrected chi connectivity index (χ4v) is 1.78. The monoisotopic (exact) mass is 279 g/mol. The zero-order valence-corrected chi connectivity index (χ0v) is 12.3. The molecule has 0 heterocycles. The van der Waals surface area contributed by atoms with Gasteiger partial charge < -0.3 is 21.0 Å². The van der Waals surface area contributed by atoms with Gasteiger partial charge in [0, 0.05) is 12.1 Å². The quantitative estimate of drug-likeness (QED) is 0.213. The van der Waals surface area contributed by atoms with Gasteiger partial charge in [-0.1, -0.05) is 19.0 Å². The fraction of sp³-hybridized carbons (Fsp3) is 0.533. The van der Waals surface area contributed by atoms with Gasteiger partial charge in [0.25, 0.3) is 0 Å². The molecule has 0 aromatic heterocycles. The maximum atomic E-state index is 8.56. The molecule has 0 bridgehead atoms. The molecule has 1 aromatic carbocycles. The van der Waals surface area contributed by atoms with Crippen molar-refractivity contribution in [3.05, 3.63) is 29.8 Å². The summed E-state index contributed by atoms with van der Waals surface area (Å²) in [6.45, 7) is 6.97. The van der Waals surface area contributed by atoms with Crippen LogP contribution in [0.1, 0.15) is 32.3 Å². The lowest BCUT2D eigenvalue weighted by atomic mass is 10.1. The first-order valence-electron chi connectivity index (χ1n) is 7.05. The van der Waals surface area contributed by atoms with Gasteiger partial charge in [0.05, 0.1) is 0 Å². The van der Waals surface area contributed by atoms with Crippen molar-refractivity contribution in [1.82, 2.24) is 5.32 Å². The number of oxime groups is 1. The molecule has 4 N–H and O–H groups in total. The normalized spacial score (nSPS) is 11.8. The number of nitrogens with one attached hydrogen (secondary N) is 1. The Morgan fingerprint density at radius 3 is 2.60 bits per heavy atom. The minimum Gasteiger partial charge on any atom is -0.492 e. The van der Waals surface area contributed by atoms with Crippen molar-refractivity contribution in [1.29, 1.82) is 0 Å². The molecule has 0 radical (unpaired) electrons. The van der Waals surface area contributed by atoms with E-state index in [0.29, 0.717) is 12.2 Å². The molecule has 0 aliphatic carbocycles. The summed E-state index contributed by atoms with van der Waals surface area (Å²) in [4.78, 5) is 0. The lowest BCUT2D eigenvalue weighted by Crippen LogP contribution is -2.22. The van der Waals surface area contributed by atoms with Gasteiger partial charge in [-0.2, -0.15) is 0 Å². The van der Waals surface area contributed by atoms with Crippen LogP contribution in [0.4, 0.5) is 0 Å². The average molecular weight is 279 g/mol. The van der Waals surface area contributed by atoms with Crippen LogP contribution in [0.15, 0.2) is 29.4 Å². The van der Waals surface area contributed by atoms with Gasteiger partial charge in [0.2, 0.25) is 0 Å². The van der Waals surface area contributed by atoms with Gasteiger partial charge in [0.15, 0.2) is 5.84 Å². The molecule has 1 aromatic rings. The van der Waals surface area contributed by atoms with E-state index < -0.39 is 0 Å². The number of hydrogen-bond acceptors (Lipinski definition) is 4. The number of hydrogen-bond donors (Lipinski definition) is 3. The maximum absolute atomic E-state index is 8.56. The minimum atomic E-state index is 0.100. The number of benzene rings is 1. The van der Waals surface area contributed by atoms with Crippen LogP contribution in [0.3, 0.4) is 0 Å². The molecule has 0 saturated heterocycles. The molecule has 1 rings (SSSR count). The van der Waals surface area contributed by atoms with Crippen LogP contribution in [0.5, 0.6) is 5.75 Å². The Morgan fingerprint density at radius 1 is 1.30 bits per heavy atom. The van der Waals surface area contributed by atoms with E-state index in [1.54, 1.807) is 12.1 Å². The first kappa shape index (κ1) is 16.3.